The molecule has 0 bridgehead atoms. The number of thioether (sulfide) groups is 1. The maximum Gasteiger partial charge on any atom is 0.220 e. The van der Waals surface area contributed by atoms with Crippen LogP contribution in [-0.4, -0.2) is 64.0 Å². The van der Waals surface area contributed by atoms with E-state index in [-0.39, 0.29) is 5.91 Å². The number of hydrogen-bond donors (Lipinski definition) is 2. The number of nitrogens with zero attached hydrogens (tertiary/aromatic N) is 4. The number of anilines is 1. The third kappa shape index (κ3) is 5.82. The minimum absolute atomic E-state index is 0.0530. The van der Waals surface area contributed by atoms with E-state index in [0.717, 1.165) is 28.6 Å². The fraction of sp³-hybridized carbons (Fsp3) is 0.600. The maximum absolute atomic E-state index is 11.7. The standard InChI is InChI=1S/C15H23BrN6O2S/c1-24-9-7-18-13-11-10-19-22(14(11)21-15(20-13)25-2)8-6-17-12(23)4-3-5-16/h10H,3-9H2,1-2H3,(H,17,23)(H,18,20,21). The summed E-state index contributed by atoms with van der Waals surface area (Å²) in [6, 6.07) is 0. The van der Waals surface area contributed by atoms with Crippen LogP contribution in [0, 0.1) is 0 Å². The van der Waals surface area contributed by atoms with Crippen LogP contribution in [0.4, 0.5) is 5.82 Å². The molecule has 2 aromatic heterocycles. The highest BCUT2D eigenvalue weighted by molar-refractivity contribution is 9.09. The molecule has 0 fully saturated rings. The van der Waals surface area contributed by atoms with Gasteiger partial charge in [-0.05, 0) is 12.7 Å². The predicted octanol–water partition coefficient (Wildman–Crippen LogP) is 1.90. The Morgan fingerprint density at radius 2 is 2.24 bits per heavy atom. The van der Waals surface area contributed by atoms with Crippen molar-refractivity contribution in [2.75, 3.05) is 43.7 Å². The lowest BCUT2D eigenvalue weighted by Crippen LogP contribution is -2.27. The Morgan fingerprint density at radius 3 is 2.96 bits per heavy atom. The van der Waals surface area contributed by atoms with Crippen LogP contribution in [0.25, 0.3) is 11.0 Å². The second-order valence-corrected chi connectivity index (χ2v) is 6.79. The van der Waals surface area contributed by atoms with Gasteiger partial charge in [0.25, 0.3) is 0 Å². The van der Waals surface area contributed by atoms with Crippen molar-refractivity contribution in [3.63, 3.8) is 0 Å². The van der Waals surface area contributed by atoms with Crippen LogP contribution in [0.2, 0.25) is 0 Å². The second-order valence-electron chi connectivity index (χ2n) is 5.23. The van der Waals surface area contributed by atoms with E-state index in [0.29, 0.717) is 37.8 Å². The number of fused-ring (bicyclic) bond motifs is 1. The Balaban J connectivity index is 2.07. The zero-order chi connectivity index (χ0) is 18.1. The summed E-state index contributed by atoms with van der Waals surface area (Å²) < 4.78 is 6.86. The molecular weight excluding hydrogens is 408 g/mol. The van der Waals surface area contributed by atoms with Crippen LogP contribution < -0.4 is 10.6 Å². The van der Waals surface area contributed by atoms with Crippen molar-refractivity contribution in [3.8, 4) is 0 Å². The largest absolute Gasteiger partial charge is 0.383 e. The highest BCUT2D eigenvalue weighted by atomic mass is 79.9. The molecule has 1 amide bonds. The molecule has 0 spiro atoms. The van der Waals surface area contributed by atoms with Gasteiger partial charge in [0.1, 0.15) is 5.82 Å². The van der Waals surface area contributed by atoms with Gasteiger partial charge < -0.3 is 15.4 Å². The molecule has 2 heterocycles. The highest BCUT2D eigenvalue weighted by Crippen LogP contribution is 2.23. The normalized spacial score (nSPS) is 11.0. The fourth-order valence-electron chi connectivity index (χ4n) is 2.21. The van der Waals surface area contributed by atoms with Crippen LogP contribution >= 0.6 is 27.7 Å². The lowest BCUT2D eigenvalue weighted by Gasteiger charge is -2.09. The van der Waals surface area contributed by atoms with Crippen molar-refractivity contribution in [3.05, 3.63) is 6.20 Å². The Kier molecular flexibility index (Phi) is 8.42. The zero-order valence-corrected chi connectivity index (χ0v) is 16.8. The van der Waals surface area contributed by atoms with Gasteiger partial charge in [-0.25, -0.2) is 14.6 Å². The molecule has 0 aliphatic rings. The highest BCUT2D eigenvalue weighted by Gasteiger charge is 2.12. The second kappa shape index (κ2) is 10.6. The predicted molar refractivity (Wildman–Crippen MR) is 104 cm³/mol. The third-order valence-corrected chi connectivity index (χ3v) is 4.55. The Labute approximate surface area is 159 Å². The molecular formula is C15H23BrN6O2S. The molecule has 0 saturated heterocycles. The van der Waals surface area contributed by atoms with Gasteiger partial charge in [-0.3, -0.25) is 4.79 Å². The number of amides is 1. The van der Waals surface area contributed by atoms with Crippen molar-refractivity contribution >= 4 is 50.5 Å². The van der Waals surface area contributed by atoms with Crippen molar-refractivity contribution in [1.29, 1.82) is 0 Å². The number of carbonyl (C=O) groups is 1. The summed E-state index contributed by atoms with van der Waals surface area (Å²) in [7, 11) is 1.66. The Bertz CT molecular complexity index is 696. The number of halogens is 1. The number of ether oxygens (including phenoxy) is 1. The van der Waals surface area contributed by atoms with Gasteiger partial charge in [0.15, 0.2) is 10.8 Å². The number of carbonyl (C=O) groups excluding carboxylic acids is 1. The molecule has 0 aliphatic heterocycles. The average molecular weight is 431 g/mol. The quantitative estimate of drug-likeness (QED) is 0.243. The van der Waals surface area contributed by atoms with Crippen molar-refractivity contribution in [2.24, 2.45) is 0 Å². The van der Waals surface area contributed by atoms with Crippen LogP contribution in [0.1, 0.15) is 12.8 Å². The number of nitrogens with one attached hydrogen (secondary N) is 2. The first-order chi connectivity index (χ1) is 12.2. The molecule has 10 heteroatoms. The van der Waals surface area contributed by atoms with Gasteiger partial charge in [0.2, 0.25) is 5.91 Å². The monoisotopic (exact) mass is 430 g/mol. The number of methoxy groups -OCH3 is 1. The lowest BCUT2D eigenvalue weighted by atomic mass is 10.3. The van der Waals surface area contributed by atoms with Gasteiger partial charge in [-0.15, -0.1) is 0 Å². The van der Waals surface area contributed by atoms with E-state index in [1.807, 2.05) is 6.26 Å². The zero-order valence-electron chi connectivity index (χ0n) is 14.4. The van der Waals surface area contributed by atoms with Gasteiger partial charge in [0, 0.05) is 32.0 Å². The molecule has 0 unspecified atom stereocenters. The molecule has 0 aromatic carbocycles. The number of hydrogen-bond acceptors (Lipinski definition) is 7. The van der Waals surface area contributed by atoms with E-state index in [9.17, 15) is 4.79 Å². The summed E-state index contributed by atoms with van der Waals surface area (Å²) in [5, 5.41) is 12.9. The summed E-state index contributed by atoms with van der Waals surface area (Å²) in [6.45, 7) is 2.33. The lowest BCUT2D eigenvalue weighted by molar-refractivity contribution is -0.121. The van der Waals surface area contributed by atoms with E-state index in [2.05, 4.69) is 41.6 Å². The topological polar surface area (TPSA) is 94.0 Å². The Morgan fingerprint density at radius 1 is 1.40 bits per heavy atom. The smallest absolute Gasteiger partial charge is 0.220 e. The van der Waals surface area contributed by atoms with E-state index in [1.165, 1.54) is 11.8 Å². The van der Waals surface area contributed by atoms with Crippen LogP contribution in [0.15, 0.2) is 11.4 Å². The molecule has 0 radical (unpaired) electrons. The SMILES string of the molecule is COCCNc1nc(SC)nc2c1cnn2CCNC(=O)CCCBr. The summed E-state index contributed by atoms with van der Waals surface area (Å²) >= 11 is 4.80. The summed E-state index contributed by atoms with van der Waals surface area (Å²) in [5.41, 5.74) is 0.758. The van der Waals surface area contributed by atoms with Gasteiger partial charge in [-0.1, -0.05) is 27.7 Å². The summed E-state index contributed by atoms with van der Waals surface area (Å²) in [5.74, 6) is 0.802. The molecule has 138 valence electrons. The molecule has 2 aromatic rings. The van der Waals surface area contributed by atoms with Gasteiger partial charge >= 0.3 is 0 Å². The molecule has 0 aliphatic carbocycles. The van der Waals surface area contributed by atoms with E-state index >= 15 is 0 Å². The van der Waals surface area contributed by atoms with E-state index in [4.69, 9.17) is 4.74 Å². The first-order valence-corrected chi connectivity index (χ1v) is 10.4. The molecule has 0 atom stereocenters. The molecule has 2 N–H and O–H groups in total. The van der Waals surface area contributed by atoms with E-state index < -0.39 is 0 Å². The van der Waals surface area contributed by atoms with Crippen molar-refractivity contribution in [2.45, 2.75) is 24.5 Å². The van der Waals surface area contributed by atoms with Crippen LogP contribution in [-0.2, 0) is 16.1 Å². The number of aromatic nitrogens is 4. The Hall–Kier alpha value is -1.39. The maximum atomic E-state index is 11.7. The minimum atomic E-state index is 0.0530. The first kappa shape index (κ1) is 19.9. The molecule has 8 nitrogen and oxygen atoms in total. The van der Waals surface area contributed by atoms with Crippen molar-refractivity contribution in [1.82, 2.24) is 25.1 Å². The van der Waals surface area contributed by atoms with Crippen LogP contribution in [0.5, 0.6) is 0 Å². The fourth-order valence-corrected chi connectivity index (χ4v) is 2.85. The van der Waals surface area contributed by atoms with Crippen LogP contribution in [0.3, 0.4) is 0 Å². The average Bonchev–Trinajstić information content (AvgIpc) is 3.03. The van der Waals surface area contributed by atoms with Gasteiger partial charge in [-0.2, -0.15) is 5.10 Å². The molecule has 2 rings (SSSR count). The number of alkyl halides is 1. The molecule has 0 saturated carbocycles. The summed E-state index contributed by atoms with van der Waals surface area (Å²) in [6.07, 6.45) is 5.04. The summed E-state index contributed by atoms with van der Waals surface area (Å²) in [4.78, 5) is 20.7. The van der Waals surface area contributed by atoms with Crippen molar-refractivity contribution < 1.29 is 9.53 Å². The third-order valence-electron chi connectivity index (χ3n) is 3.44. The van der Waals surface area contributed by atoms with Gasteiger partial charge in [0.05, 0.1) is 24.7 Å². The first-order valence-electron chi connectivity index (χ1n) is 8.02. The molecule has 25 heavy (non-hydrogen) atoms. The number of rotatable bonds is 11. The van der Waals surface area contributed by atoms with E-state index in [1.54, 1.807) is 18.0 Å². The minimum Gasteiger partial charge on any atom is -0.383 e.